The van der Waals surface area contributed by atoms with E-state index in [1.54, 1.807) is 26.4 Å². The molecular weight excluding hydrogens is 336 g/mol. The van der Waals surface area contributed by atoms with Gasteiger partial charge in [-0.1, -0.05) is 15.9 Å². The van der Waals surface area contributed by atoms with Gasteiger partial charge in [0.25, 0.3) is 5.91 Å². The topological polar surface area (TPSA) is 64.8 Å². The van der Waals surface area contributed by atoms with Crippen molar-refractivity contribution in [3.63, 3.8) is 0 Å². The minimum Gasteiger partial charge on any atom is -0.496 e. The lowest BCUT2D eigenvalue weighted by atomic mass is 9.98. The number of piperidine rings is 1. The monoisotopic (exact) mass is 356 g/mol. The summed E-state index contributed by atoms with van der Waals surface area (Å²) in [5.41, 5.74) is 6.40. The van der Waals surface area contributed by atoms with Crippen molar-refractivity contribution < 1.29 is 14.3 Å². The molecule has 0 spiro atoms. The van der Waals surface area contributed by atoms with E-state index in [1.165, 1.54) is 0 Å². The molecule has 0 radical (unpaired) electrons. The Balaban J connectivity index is 2.23. The van der Waals surface area contributed by atoms with Crippen LogP contribution >= 0.6 is 15.9 Å². The smallest absolute Gasteiger partial charge is 0.257 e. The van der Waals surface area contributed by atoms with E-state index >= 15 is 0 Å². The van der Waals surface area contributed by atoms with Gasteiger partial charge in [0, 0.05) is 30.7 Å². The Kier molecular flexibility index (Phi) is 5.61. The normalized spacial score (nSPS) is 22.2. The van der Waals surface area contributed by atoms with Crippen molar-refractivity contribution in [2.75, 3.05) is 27.3 Å². The summed E-state index contributed by atoms with van der Waals surface area (Å²) in [5, 5.41) is 0. The van der Waals surface area contributed by atoms with Gasteiger partial charge in [-0.15, -0.1) is 0 Å². The van der Waals surface area contributed by atoms with Crippen LogP contribution < -0.4 is 10.5 Å². The standard InChI is InChI=1S/C15H21BrN2O3/c1-20-12-5-6-18(11(8-12)9-17)15(19)13-4-3-10(16)7-14(13)21-2/h3-4,7,11-12H,5-6,8-9,17H2,1-2H3. The SMILES string of the molecule is COc1cc(Br)ccc1C(=O)N1CCC(OC)CC1CN. The first-order valence-corrected chi connectivity index (χ1v) is 7.77. The van der Waals surface area contributed by atoms with Crippen molar-refractivity contribution in [1.82, 2.24) is 4.90 Å². The Hall–Kier alpha value is -1.11. The molecule has 2 rings (SSSR count). The number of likely N-dealkylation sites (tertiary alicyclic amines) is 1. The average molecular weight is 357 g/mol. The molecule has 1 amide bonds. The number of carbonyl (C=O) groups is 1. The Bertz CT molecular complexity index is 510. The van der Waals surface area contributed by atoms with Gasteiger partial charge >= 0.3 is 0 Å². The minimum atomic E-state index is -0.0376. The molecule has 6 heteroatoms. The van der Waals surface area contributed by atoms with Gasteiger partial charge in [-0.3, -0.25) is 4.79 Å². The van der Waals surface area contributed by atoms with Crippen LogP contribution in [0.2, 0.25) is 0 Å². The highest BCUT2D eigenvalue weighted by atomic mass is 79.9. The maximum atomic E-state index is 12.8. The maximum Gasteiger partial charge on any atom is 0.257 e. The summed E-state index contributed by atoms with van der Waals surface area (Å²) in [6, 6.07) is 5.42. The van der Waals surface area contributed by atoms with E-state index in [1.807, 2.05) is 11.0 Å². The third-order valence-corrected chi connectivity index (χ3v) is 4.42. The van der Waals surface area contributed by atoms with Gasteiger partial charge in [0.1, 0.15) is 5.75 Å². The van der Waals surface area contributed by atoms with Crippen LogP contribution in [0.4, 0.5) is 0 Å². The Labute approximate surface area is 133 Å². The van der Waals surface area contributed by atoms with Gasteiger partial charge in [-0.25, -0.2) is 0 Å². The molecule has 21 heavy (non-hydrogen) atoms. The van der Waals surface area contributed by atoms with Gasteiger partial charge < -0.3 is 20.1 Å². The second-order valence-corrected chi connectivity index (χ2v) is 6.03. The first-order valence-electron chi connectivity index (χ1n) is 6.98. The fraction of sp³-hybridized carbons (Fsp3) is 0.533. The highest BCUT2D eigenvalue weighted by Crippen LogP contribution is 2.27. The van der Waals surface area contributed by atoms with Gasteiger partial charge in [0.15, 0.2) is 0 Å². The molecule has 0 saturated carbocycles. The van der Waals surface area contributed by atoms with Crippen LogP contribution in [0, 0.1) is 0 Å². The number of nitrogens with zero attached hydrogens (tertiary/aromatic N) is 1. The average Bonchev–Trinajstić information content (AvgIpc) is 2.53. The summed E-state index contributed by atoms with van der Waals surface area (Å²) in [5.74, 6) is 0.531. The van der Waals surface area contributed by atoms with Crippen LogP contribution in [0.1, 0.15) is 23.2 Å². The van der Waals surface area contributed by atoms with E-state index in [0.717, 1.165) is 17.3 Å². The van der Waals surface area contributed by atoms with E-state index < -0.39 is 0 Å². The van der Waals surface area contributed by atoms with Crippen LogP contribution in [-0.4, -0.2) is 50.3 Å². The molecule has 1 heterocycles. The molecule has 1 aliphatic rings. The molecule has 2 atom stereocenters. The van der Waals surface area contributed by atoms with Gasteiger partial charge in [0.05, 0.1) is 18.8 Å². The van der Waals surface area contributed by atoms with Crippen LogP contribution in [0.25, 0.3) is 0 Å². The third-order valence-electron chi connectivity index (χ3n) is 3.93. The van der Waals surface area contributed by atoms with Gasteiger partial charge in [-0.05, 0) is 31.0 Å². The fourth-order valence-electron chi connectivity index (χ4n) is 2.72. The number of carbonyl (C=O) groups excluding carboxylic acids is 1. The Morgan fingerprint density at radius 3 is 2.86 bits per heavy atom. The zero-order chi connectivity index (χ0) is 15.4. The van der Waals surface area contributed by atoms with Gasteiger partial charge in [-0.2, -0.15) is 0 Å². The number of nitrogens with two attached hydrogens (primary N) is 1. The van der Waals surface area contributed by atoms with Crippen LogP contribution in [0.5, 0.6) is 5.75 Å². The highest BCUT2D eigenvalue weighted by molar-refractivity contribution is 9.10. The van der Waals surface area contributed by atoms with E-state index in [2.05, 4.69) is 15.9 Å². The molecule has 116 valence electrons. The number of methoxy groups -OCH3 is 2. The number of benzene rings is 1. The number of hydrogen-bond donors (Lipinski definition) is 1. The van der Waals surface area contributed by atoms with Crippen LogP contribution in [0.15, 0.2) is 22.7 Å². The summed E-state index contributed by atoms with van der Waals surface area (Å²) in [7, 11) is 3.27. The Morgan fingerprint density at radius 1 is 1.48 bits per heavy atom. The van der Waals surface area contributed by atoms with Crippen molar-refractivity contribution in [2.24, 2.45) is 5.73 Å². The zero-order valence-electron chi connectivity index (χ0n) is 12.3. The van der Waals surface area contributed by atoms with Gasteiger partial charge in [0.2, 0.25) is 0 Å². The molecule has 0 bridgehead atoms. The molecule has 1 saturated heterocycles. The number of halogens is 1. The number of ether oxygens (including phenoxy) is 2. The zero-order valence-corrected chi connectivity index (χ0v) is 13.9. The summed E-state index contributed by atoms with van der Waals surface area (Å²) in [6.45, 7) is 1.09. The minimum absolute atomic E-state index is 0.00422. The predicted octanol–water partition coefficient (Wildman–Crippen LogP) is 2.04. The van der Waals surface area contributed by atoms with Crippen LogP contribution in [-0.2, 0) is 4.74 Å². The molecule has 0 aromatic heterocycles. The molecule has 5 nitrogen and oxygen atoms in total. The highest BCUT2D eigenvalue weighted by Gasteiger charge is 2.32. The molecule has 1 aromatic carbocycles. The molecule has 1 aliphatic heterocycles. The quantitative estimate of drug-likeness (QED) is 0.896. The lowest BCUT2D eigenvalue weighted by molar-refractivity contribution is 0.0137. The molecule has 2 unspecified atom stereocenters. The number of amides is 1. The third kappa shape index (κ3) is 3.56. The predicted molar refractivity (Wildman–Crippen MR) is 84.6 cm³/mol. The largest absolute Gasteiger partial charge is 0.496 e. The molecule has 0 aliphatic carbocycles. The van der Waals surface area contributed by atoms with Crippen molar-refractivity contribution in [3.8, 4) is 5.75 Å². The fourth-order valence-corrected chi connectivity index (χ4v) is 3.06. The number of hydrogen-bond acceptors (Lipinski definition) is 4. The van der Waals surface area contributed by atoms with Crippen LogP contribution in [0.3, 0.4) is 0 Å². The maximum absolute atomic E-state index is 12.8. The molecule has 1 fully saturated rings. The Morgan fingerprint density at radius 2 is 2.24 bits per heavy atom. The lowest BCUT2D eigenvalue weighted by Gasteiger charge is -2.38. The first-order chi connectivity index (χ1) is 10.1. The van der Waals surface area contributed by atoms with E-state index in [9.17, 15) is 4.79 Å². The second-order valence-electron chi connectivity index (χ2n) is 5.11. The second kappa shape index (κ2) is 7.24. The molecule has 2 N–H and O–H groups in total. The van der Waals surface area contributed by atoms with E-state index in [-0.39, 0.29) is 18.1 Å². The summed E-state index contributed by atoms with van der Waals surface area (Å²) in [6.07, 6.45) is 1.78. The first kappa shape index (κ1) is 16.3. The van der Waals surface area contributed by atoms with Crippen molar-refractivity contribution in [2.45, 2.75) is 25.0 Å². The summed E-state index contributed by atoms with van der Waals surface area (Å²) >= 11 is 3.38. The van der Waals surface area contributed by atoms with Crippen molar-refractivity contribution >= 4 is 21.8 Å². The van der Waals surface area contributed by atoms with E-state index in [4.69, 9.17) is 15.2 Å². The summed E-state index contributed by atoms with van der Waals surface area (Å²) < 4.78 is 11.6. The molecular formula is C15H21BrN2O3. The summed E-state index contributed by atoms with van der Waals surface area (Å²) in [4.78, 5) is 14.6. The number of rotatable bonds is 4. The van der Waals surface area contributed by atoms with Crippen molar-refractivity contribution in [1.29, 1.82) is 0 Å². The van der Waals surface area contributed by atoms with E-state index in [0.29, 0.717) is 24.4 Å². The lowest BCUT2D eigenvalue weighted by Crippen LogP contribution is -2.51. The molecule has 1 aromatic rings. The van der Waals surface area contributed by atoms with Crippen molar-refractivity contribution in [3.05, 3.63) is 28.2 Å².